The molecule has 1 aromatic heterocycles. The highest BCUT2D eigenvalue weighted by Gasteiger charge is 2.09. The highest BCUT2D eigenvalue weighted by molar-refractivity contribution is 6.31. The first-order chi connectivity index (χ1) is 8.20. The molecule has 1 heterocycles. The van der Waals surface area contributed by atoms with E-state index in [0.29, 0.717) is 5.56 Å². The molecule has 0 spiro atoms. The van der Waals surface area contributed by atoms with Crippen LogP contribution in [0.4, 0.5) is 4.39 Å². The molecule has 4 nitrogen and oxygen atoms in total. The van der Waals surface area contributed by atoms with Gasteiger partial charge in [-0.2, -0.15) is 0 Å². The molecule has 0 saturated heterocycles. The lowest BCUT2D eigenvalue weighted by atomic mass is 10.2. The van der Waals surface area contributed by atoms with Gasteiger partial charge in [-0.15, -0.1) is 0 Å². The zero-order valence-electron chi connectivity index (χ0n) is 8.73. The van der Waals surface area contributed by atoms with Crippen LogP contribution in [-0.4, -0.2) is 9.97 Å². The van der Waals surface area contributed by atoms with Crippen LogP contribution >= 0.6 is 11.6 Å². The van der Waals surface area contributed by atoms with E-state index in [1.54, 1.807) is 6.07 Å². The summed E-state index contributed by atoms with van der Waals surface area (Å²) in [5, 5.41) is 0.217. The number of hydrogen-bond acceptors (Lipinski definition) is 4. The van der Waals surface area contributed by atoms with Crippen molar-refractivity contribution < 1.29 is 9.13 Å². The van der Waals surface area contributed by atoms with Crippen molar-refractivity contribution in [3.63, 3.8) is 0 Å². The van der Waals surface area contributed by atoms with Crippen molar-refractivity contribution in [2.24, 2.45) is 5.73 Å². The van der Waals surface area contributed by atoms with Gasteiger partial charge in [-0.3, -0.25) is 0 Å². The van der Waals surface area contributed by atoms with Gasteiger partial charge in [-0.05, 0) is 17.7 Å². The molecule has 2 aromatic rings. The fraction of sp³-hybridized carbons (Fsp3) is 0.0909. The molecule has 88 valence electrons. The van der Waals surface area contributed by atoms with Crippen molar-refractivity contribution in [2.45, 2.75) is 6.54 Å². The number of nitrogens with zero attached hydrogens (tertiary/aromatic N) is 2. The molecule has 0 atom stereocenters. The first-order valence-electron chi connectivity index (χ1n) is 4.82. The van der Waals surface area contributed by atoms with Crippen LogP contribution in [0, 0.1) is 5.82 Å². The Bertz CT molecular complexity index is 536. The molecule has 0 aliphatic carbocycles. The number of rotatable bonds is 3. The van der Waals surface area contributed by atoms with Crippen LogP contribution < -0.4 is 10.5 Å². The molecule has 0 aliphatic rings. The van der Waals surface area contributed by atoms with Crippen molar-refractivity contribution in [1.82, 2.24) is 9.97 Å². The lowest BCUT2D eigenvalue weighted by Gasteiger charge is -2.07. The van der Waals surface area contributed by atoms with Gasteiger partial charge in [-0.25, -0.2) is 14.4 Å². The highest BCUT2D eigenvalue weighted by Crippen LogP contribution is 2.28. The Balaban J connectivity index is 2.28. The molecule has 0 bridgehead atoms. The average molecular weight is 254 g/mol. The smallest absolute Gasteiger partial charge is 0.241 e. The number of ether oxygens (including phenoxy) is 1. The van der Waals surface area contributed by atoms with Gasteiger partial charge >= 0.3 is 0 Å². The highest BCUT2D eigenvalue weighted by atomic mass is 35.5. The summed E-state index contributed by atoms with van der Waals surface area (Å²) >= 11 is 5.79. The lowest BCUT2D eigenvalue weighted by Crippen LogP contribution is -1.98. The maximum Gasteiger partial charge on any atom is 0.241 e. The molecule has 0 saturated carbocycles. The number of hydrogen-bond donors (Lipinski definition) is 1. The number of benzene rings is 1. The zero-order valence-corrected chi connectivity index (χ0v) is 9.49. The summed E-state index contributed by atoms with van der Waals surface area (Å²) in [5.74, 6) is -0.355. The predicted molar refractivity (Wildman–Crippen MR) is 61.4 cm³/mol. The second kappa shape index (κ2) is 5.07. The minimum Gasteiger partial charge on any atom is -0.434 e. The normalized spacial score (nSPS) is 10.3. The monoisotopic (exact) mass is 253 g/mol. The van der Waals surface area contributed by atoms with E-state index in [1.165, 1.54) is 24.7 Å². The van der Waals surface area contributed by atoms with Crippen LogP contribution in [-0.2, 0) is 6.54 Å². The molecule has 0 amide bonds. The predicted octanol–water partition coefficient (Wildman–Crippen LogP) is 2.52. The van der Waals surface area contributed by atoms with Crippen molar-refractivity contribution in [3.8, 4) is 11.6 Å². The Morgan fingerprint density at radius 3 is 2.88 bits per heavy atom. The van der Waals surface area contributed by atoms with Crippen molar-refractivity contribution in [1.29, 1.82) is 0 Å². The third-order valence-corrected chi connectivity index (χ3v) is 2.33. The van der Waals surface area contributed by atoms with Gasteiger partial charge in [0.15, 0.2) is 11.6 Å². The van der Waals surface area contributed by atoms with Gasteiger partial charge in [0.2, 0.25) is 5.88 Å². The minimum atomic E-state index is -0.511. The van der Waals surface area contributed by atoms with Crippen molar-refractivity contribution in [3.05, 3.63) is 47.1 Å². The first kappa shape index (κ1) is 11.8. The van der Waals surface area contributed by atoms with E-state index in [1.807, 2.05) is 0 Å². The van der Waals surface area contributed by atoms with E-state index < -0.39 is 5.82 Å². The van der Waals surface area contributed by atoms with Crippen LogP contribution in [0.25, 0.3) is 0 Å². The maximum atomic E-state index is 13.6. The molecule has 1 aromatic carbocycles. The fourth-order valence-electron chi connectivity index (χ4n) is 1.23. The minimum absolute atomic E-state index is 0.0443. The third kappa shape index (κ3) is 2.69. The molecular weight excluding hydrogens is 245 g/mol. The van der Waals surface area contributed by atoms with E-state index in [4.69, 9.17) is 22.1 Å². The van der Waals surface area contributed by atoms with E-state index in [-0.39, 0.29) is 23.2 Å². The molecule has 17 heavy (non-hydrogen) atoms. The number of aromatic nitrogens is 2. The van der Waals surface area contributed by atoms with Crippen LogP contribution in [0.15, 0.2) is 30.7 Å². The summed E-state index contributed by atoms with van der Waals surface area (Å²) in [4.78, 5) is 7.50. The van der Waals surface area contributed by atoms with Gasteiger partial charge in [-0.1, -0.05) is 17.7 Å². The molecule has 0 aliphatic heterocycles. The summed E-state index contributed by atoms with van der Waals surface area (Å²) in [6.07, 6.45) is 2.64. The maximum absolute atomic E-state index is 13.6. The number of halogens is 2. The Labute approximate surface area is 102 Å². The first-order valence-corrected chi connectivity index (χ1v) is 5.20. The van der Waals surface area contributed by atoms with Crippen LogP contribution in [0.1, 0.15) is 5.56 Å². The third-order valence-electron chi connectivity index (χ3n) is 2.07. The Kier molecular flexibility index (Phi) is 3.51. The second-order valence-electron chi connectivity index (χ2n) is 3.25. The Morgan fingerprint density at radius 1 is 1.41 bits per heavy atom. The summed E-state index contributed by atoms with van der Waals surface area (Å²) in [5.41, 5.74) is 6.08. The Morgan fingerprint density at radius 2 is 2.24 bits per heavy atom. The van der Waals surface area contributed by atoms with Crippen molar-refractivity contribution >= 4 is 11.6 Å². The SMILES string of the molecule is NCc1ccc(Oc2ncncc2Cl)c(F)c1. The van der Waals surface area contributed by atoms with Gasteiger partial charge in [0, 0.05) is 6.54 Å². The van der Waals surface area contributed by atoms with Crippen LogP contribution in [0.5, 0.6) is 11.6 Å². The van der Waals surface area contributed by atoms with E-state index >= 15 is 0 Å². The average Bonchev–Trinajstić information content (AvgIpc) is 2.34. The van der Waals surface area contributed by atoms with Crippen molar-refractivity contribution in [2.75, 3.05) is 0 Å². The van der Waals surface area contributed by atoms with Crippen LogP contribution in [0.3, 0.4) is 0 Å². The molecule has 2 rings (SSSR count). The molecular formula is C11H9ClFN3O. The quantitative estimate of drug-likeness (QED) is 0.913. The summed E-state index contributed by atoms with van der Waals surface area (Å²) in [7, 11) is 0. The fourth-order valence-corrected chi connectivity index (χ4v) is 1.38. The molecule has 2 N–H and O–H groups in total. The molecule has 0 unspecified atom stereocenters. The molecule has 0 radical (unpaired) electrons. The summed E-state index contributed by atoms with van der Waals surface area (Å²) < 4.78 is 18.8. The molecule has 0 fully saturated rings. The van der Waals surface area contributed by atoms with Gasteiger partial charge in [0.05, 0.1) is 6.20 Å². The molecule has 6 heteroatoms. The standard InChI is InChI=1S/C11H9ClFN3O/c12-8-5-15-6-16-11(8)17-10-2-1-7(4-14)3-9(10)13/h1-3,5-6H,4,14H2. The van der Waals surface area contributed by atoms with E-state index in [0.717, 1.165) is 0 Å². The lowest BCUT2D eigenvalue weighted by molar-refractivity contribution is 0.426. The van der Waals surface area contributed by atoms with Gasteiger partial charge in [0.25, 0.3) is 0 Å². The van der Waals surface area contributed by atoms with E-state index in [2.05, 4.69) is 9.97 Å². The van der Waals surface area contributed by atoms with E-state index in [9.17, 15) is 4.39 Å². The Hall–Kier alpha value is -1.72. The zero-order chi connectivity index (χ0) is 12.3. The summed E-state index contributed by atoms with van der Waals surface area (Å²) in [6, 6.07) is 4.47. The largest absolute Gasteiger partial charge is 0.434 e. The number of nitrogens with two attached hydrogens (primary N) is 1. The van der Waals surface area contributed by atoms with Gasteiger partial charge in [0.1, 0.15) is 11.3 Å². The topological polar surface area (TPSA) is 61.0 Å². The van der Waals surface area contributed by atoms with Crippen LogP contribution in [0.2, 0.25) is 5.02 Å². The van der Waals surface area contributed by atoms with Gasteiger partial charge < -0.3 is 10.5 Å². The summed E-state index contributed by atoms with van der Waals surface area (Å²) in [6.45, 7) is 0.269. The second-order valence-corrected chi connectivity index (χ2v) is 3.65.